The fraction of sp³-hybridized carbons (Fsp3) is 0.450. The molecule has 142 valence electrons. The first-order chi connectivity index (χ1) is 12.9. The Morgan fingerprint density at radius 1 is 1.19 bits per heavy atom. The number of nitrogens with zero attached hydrogens (tertiary/aromatic N) is 2. The largest absolute Gasteiger partial charge is 0.488 e. The van der Waals surface area contributed by atoms with Crippen LogP contribution in [0.4, 0.5) is 0 Å². The second-order valence-corrected chi connectivity index (χ2v) is 8.20. The minimum Gasteiger partial charge on any atom is -0.488 e. The third kappa shape index (κ3) is 3.07. The van der Waals surface area contributed by atoms with E-state index < -0.39 is 0 Å². The summed E-state index contributed by atoms with van der Waals surface area (Å²) in [4.78, 5) is 25.3. The Bertz CT molecular complexity index is 814. The Balaban J connectivity index is 1.54. The molecule has 1 saturated heterocycles. The molecule has 1 saturated carbocycles. The molecule has 3 aliphatic rings. The van der Waals surface area contributed by atoms with Gasteiger partial charge in [-0.3, -0.25) is 9.59 Å². The summed E-state index contributed by atoms with van der Waals surface area (Å²) >= 11 is 12.6. The third-order valence-corrected chi connectivity index (χ3v) is 6.25. The molecule has 1 heterocycles. The molecule has 2 fully saturated rings. The Kier molecular flexibility index (Phi) is 4.77. The van der Waals surface area contributed by atoms with Gasteiger partial charge in [0, 0.05) is 0 Å². The molecule has 1 aromatic carbocycles. The van der Waals surface area contributed by atoms with Gasteiger partial charge in [-0.05, 0) is 49.3 Å². The lowest BCUT2D eigenvalue weighted by atomic mass is 9.85. The molecule has 0 unspecified atom stereocenters. The van der Waals surface area contributed by atoms with E-state index in [0.717, 1.165) is 17.9 Å². The molecule has 2 bridgehead atoms. The van der Waals surface area contributed by atoms with Gasteiger partial charge in [0.05, 0.1) is 34.2 Å². The van der Waals surface area contributed by atoms with Gasteiger partial charge >= 0.3 is 0 Å². The maximum Gasteiger partial charge on any atom is 0.254 e. The van der Waals surface area contributed by atoms with Crippen LogP contribution in [0.5, 0.6) is 5.75 Å². The third-order valence-electron chi connectivity index (χ3n) is 5.68. The number of carbonyl (C=O) groups excluding carboxylic acids is 2. The molecular formula is C20H20Cl2N2O3. The number of carbonyl (C=O) groups is 2. The van der Waals surface area contributed by atoms with Crippen LogP contribution in [0.15, 0.2) is 29.4 Å². The molecule has 4 rings (SSSR count). The summed E-state index contributed by atoms with van der Waals surface area (Å²) in [6.07, 6.45) is 7.26. The quantitative estimate of drug-likeness (QED) is 0.415. The van der Waals surface area contributed by atoms with Crippen LogP contribution in [0.3, 0.4) is 0 Å². The fourth-order valence-corrected chi connectivity index (χ4v) is 4.77. The second kappa shape index (κ2) is 6.95. The zero-order chi connectivity index (χ0) is 19.3. The molecule has 7 heteroatoms. The van der Waals surface area contributed by atoms with E-state index in [1.807, 2.05) is 13.8 Å². The van der Waals surface area contributed by atoms with Gasteiger partial charge in [0.25, 0.3) is 11.8 Å². The zero-order valence-electron chi connectivity index (χ0n) is 15.1. The van der Waals surface area contributed by atoms with Gasteiger partial charge < -0.3 is 4.74 Å². The van der Waals surface area contributed by atoms with Crippen LogP contribution in [0.1, 0.15) is 32.3 Å². The lowest BCUT2D eigenvalue weighted by Gasteiger charge is -2.16. The van der Waals surface area contributed by atoms with Crippen molar-refractivity contribution in [2.45, 2.75) is 32.8 Å². The molecular weight excluding hydrogens is 387 g/mol. The van der Waals surface area contributed by atoms with Crippen molar-refractivity contribution >= 4 is 41.2 Å². The molecule has 5 atom stereocenters. The smallest absolute Gasteiger partial charge is 0.254 e. The summed E-state index contributed by atoms with van der Waals surface area (Å²) in [5, 5.41) is 5.88. The average molecular weight is 407 g/mol. The highest BCUT2D eigenvalue weighted by Crippen LogP contribution is 2.52. The van der Waals surface area contributed by atoms with Crippen LogP contribution in [0.2, 0.25) is 10.0 Å². The SMILES string of the molecule is CC[C@H](C)Oc1c(Cl)cc(C=NN2C(=O)[C@@H]3[C@H](C2=O)[C@H]2C=C[C@H]3C2)cc1Cl. The minimum absolute atomic E-state index is 0.0113. The number of hydrazone groups is 1. The van der Waals surface area contributed by atoms with Crippen molar-refractivity contribution in [1.29, 1.82) is 0 Å². The van der Waals surface area contributed by atoms with Gasteiger partial charge in [-0.15, -0.1) is 0 Å². The molecule has 1 aliphatic heterocycles. The molecule has 2 amide bonds. The van der Waals surface area contributed by atoms with E-state index in [1.54, 1.807) is 12.1 Å². The molecule has 1 aromatic rings. The lowest BCUT2D eigenvalue weighted by Crippen LogP contribution is -2.28. The first kappa shape index (κ1) is 18.5. The molecule has 0 aromatic heterocycles. The summed E-state index contributed by atoms with van der Waals surface area (Å²) in [6.45, 7) is 3.94. The maximum absolute atomic E-state index is 12.6. The van der Waals surface area contributed by atoms with Crippen molar-refractivity contribution in [3.63, 3.8) is 0 Å². The van der Waals surface area contributed by atoms with Gasteiger partial charge in [-0.25, -0.2) is 0 Å². The van der Waals surface area contributed by atoms with E-state index in [0.29, 0.717) is 21.4 Å². The maximum atomic E-state index is 12.6. The molecule has 0 N–H and O–H groups in total. The van der Waals surface area contributed by atoms with Crippen LogP contribution in [0, 0.1) is 23.7 Å². The summed E-state index contributed by atoms with van der Waals surface area (Å²) in [5.74, 6) is -0.198. The van der Waals surface area contributed by atoms with Crippen LogP contribution in [-0.4, -0.2) is 29.1 Å². The normalized spacial score (nSPS) is 29.9. The monoisotopic (exact) mass is 406 g/mol. The zero-order valence-corrected chi connectivity index (χ0v) is 16.6. The van der Waals surface area contributed by atoms with Crippen molar-refractivity contribution in [3.05, 3.63) is 39.9 Å². The van der Waals surface area contributed by atoms with Crippen LogP contribution >= 0.6 is 23.2 Å². The van der Waals surface area contributed by atoms with Crippen molar-refractivity contribution in [2.75, 3.05) is 0 Å². The van der Waals surface area contributed by atoms with Crippen molar-refractivity contribution in [2.24, 2.45) is 28.8 Å². The highest BCUT2D eigenvalue weighted by atomic mass is 35.5. The fourth-order valence-electron chi connectivity index (χ4n) is 4.18. The second-order valence-electron chi connectivity index (χ2n) is 7.38. The average Bonchev–Trinajstić information content (AvgIpc) is 3.31. The number of benzene rings is 1. The van der Waals surface area contributed by atoms with E-state index >= 15 is 0 Å². The Morgan fingerprint density at radius 3 is 2.26 bits per heavy atom. The summed E-state index contributed by atoms with van der Waals surface area (Å²) in [7, 11) is 0. The number of hydrogen-bond donors (Lipinski definition) is 0. The van der Waals surface area contributed by atoms with Crippen molar-refractivity contribution in [3.8, 4) is 5.75 Å². The van der Waals surface area contributed by atoms with Gasteiger partial charge in [0.2, 0.25) is 0 Å². The topological polar surface area (TPSA) is 59.0 Å². The molecule has 0 spiro atoms. The van der Waals surface area contributed by atoms with E-state index in [-0.39, 0.29) is 41.6 Å². The van der Waals surface area contributed by atoms with Gasteiger partial charge in [0.15, 0.2) is 5.75 Å². The predicted octanol–water partition coefficient (Wildman–Crippen LogP) is 4.31. The van der Waals surface area contributed by atoms with Crippen LogP contribution < -0.4 is 4.74 Å². The van der Waals surface area contributed by atoms with Crippen molar-refractivity contribution in [1.82, 2.24) is 5.01 Å². The van der Waals surface area contributed by atoms with Crippen LogP contribution in [0.25, 0.3) is 0 Å². The molecule has 5 nitrogen and oxygen atoms in total. The molecule has 27 heavy (non-hydrogen) atoms. The number of rotatable bonds is 5. The van der Waals surface area contributed by atoms with Crippen molar-refractivity contribution < 1.29 is 14.3 Å². The number of amides is 2. The van der Waals surface area contributed by atoms with Gasteiger partial charge in [0.1, 0.15) is 0 Å². The van der Waals surface area contributed by atoms with Gasteiger partial charge in [-0.2, -0.15) is 10.1 Å². The minimum atomic E-state index is -0.261. The Hall–Kier alpha value is -1.85. The highest BCUT2D eigenvalue weighted by Gasteiger charge is 2.59. The van der Waals surface area contributed by atoms with Gasteiger partial charge in [-0.1, -0.05) is 42.3 Å². The summed E-state index contributed by atoms with van der Waals surface area (Å²) in [6, 6.07) is 3.32. The number of allylic oxidation sites excluding steroid dienone is 2. The lowest BCUT2D eigenvalue weighted by molar-refractivity contribution is -0.140. The van der Waals surface area contributed by atoms with E-state index in [4.69, 9.17) is 27.9 Å². The molecule has 0 radical (unpaired) electrons. The standard InChI is InChI=1S/C20H20Cl2N2O3/c1-3-10(2)27-18-14(21)6-11(7-15(18)22)9-23-24-19(25)16-12-4-5-13(8-12)17(16)20(24)26/h4-7,9-10,12-13,16-17H,3,8H2,1-2H3/t10-,12-,13-,16-,17+/m0/s1. The van der Waals surface area contributed by atoms with Crippen LogP contribution in [-0.2, 0) is 9.59 Å². The Morgan fingerprint density at radius 2 is 1.74 bits per heavy atom. The first-order valence-electron chi connectivity index (χ1n) is 9.16. The highest BCUT2D eigenvalue weighted by molar-refractivity contribution is 6.37. The Labute approximate surface area is 168 Å². The predicted molar refractivity (Wildman–Crippen MR) is 104 cm³/mol. The van der Waals surface area contributed by atoms with E-state index in [9.17, 15) is 9.59 Å². The van der Waals surface area contributed by atoms with E-state index in [2.05, 4.69) is 17.3 Å². The summed E-state index contributed by atoms with van der Waals surface area (Å²) < 4.78 is 5.74. The number of fused-ring (bicyclic) bond motifs is 5. The number of imide groups is 1. The first-order valence-corrected chi connectivity index (χ1v) is 9.92. The molecule has 2 aliphatic carbocycles. The number of ether oxygens (including phenoxy) is 1. The summed E-state index contributed by atoms with van der Waals surface area (Å²) in [5.41, 5.74) is 0.597. The number of halogens is 2. The number of hydrogen-bond acceptors (Lipinski definition) is 4. The van der Waals surface area contributed by atoms with E-state index in [1.165, 1.54) is 6.21 Å².